The average Bonchev–Trinajstić information content (AvgIpc) is 2.66. The summed E-state index contributed by atoms with van der Waals surface area (Å²) in [6.07, 6.45) is 1.03. The summed E-state index contributed by atoms with van der Waals surface area (Å²) in [6.45, 7) is 0. The van der Waals surface area contributed by atoms with E-state index >= 15 is 0 Å². The second-order valence-electron chi connectivity index (χ2n) is 7.51. The van der Waals surface area contributed by atoms with Gasteiger partial charge in [-0.1, -0.05) is 6.07 Å². The SMILES string of the molecule is O=C1NC(=O)C2CC3CC([N+](=O)[O-])CCC3N(c3cccc([N+](=O)[O-])c3)C2N1. The van der Waals surface area contributed by atoms with Crippen LogP contribution >= 0.6 is 0 Å². The molecule has 11 heteroatoms. The predicted molar refractivity (Wildman–Crippen MR) is 96.1 cm³/mol. The van der Waals surface area contributed by atoms with E-state index in [-0.39, 0.29) is 22.6 Å². The Morgan fingerprint density at radius 1 is 1.11 bits per heavy atom. The van der Waals surface area contributed by atoms with Gasteiger partial charge in [0, 0.05) is 41.6 Å². The molecule has 5 unspecified atom stereocenters. The van der Waals surface area contributed by atoms with E-state index < -0.39 is 35.0 Å². The van der Waals surface area contributed by atoms with Gasteiger partial charge in [0.05, 0.1) is 10.8 Å². The van der Waals surface area contributed by atoms with Crippen LogP contribution in [0.2, 0.25) is 0 Å². The summed E-state index contributed by atoms with van der Waals surface area (Å²) >= 11 is 0. The third kappa shape index (κ3) is 3.02. The molecule has 0 spiro atoms. The number of urea groups is 1. The van der Waals surface area contributed by atoms with Gasteiger partial charge >= 0.3 is 6.03 Å². The topological polar surface area (TPSA) is 148 Å². The molecule has 11 nitrogen and oxygen atoms in total. The monoisotopic (exact) mass is 389 g/mol. The van der Waals surface area contributed by atoms with Crippen LogP contribution in [0.15, 0.2) is 24.3 Å². The van der Waals surface area contributed by atoms with Crippen molar-refractivity contribution in [3.05, 3.63) is 44.5 Å². The normalized spacial score (nSPS) is 31.9. The summed E-state index contributed by atoms with van der Waals surface area (Å²) in [5.41, 5.74) is 0.426. The molecular weight excluding hydrogens is 370 g/mol. The van der Waals surface area contributed by atoms with Crippen molar-refractivity contribution in [2.24, 2.45) is 11.8 Å². The molecule has 3 amide bonds. The number of carbonyl (C=O) groups excluding carboxylic acids is 2. The molecule has 1 aromatic rings. The second-order valence-corrected chi connectivity index (χ2v) is 7.51. The molecule has 28 heavy (non-hydrogen) atoms. The summed E-state index contributed by atoms with van der Waals surface area (Å²) in [5.74, 6) is -1.13. The van der Waals surface area contributed by atoms with Crippen molar-refractivity contribution in [2.45, 2.75) is 43.9 Å². The molecule has 5 atom stereocenters. The van der Waals surface area contributed by atoms with Crippen molar-refractivity contribution in [1.29, 1.82) is 0 Å². The number of non-ortho nitro benzene ring substituents is 1. The van der Waals surface area contributed by atoms with Crippen LogP contribution in [0.3, 0.4) is 0 Å². The molecule has 0 aromatic heterocycles. The number of fused-ring (bicyclic) bond motifs is 2. The first kappa shape index (κ1) is 18.1. The fourth-order valence-corrected chi connectivity index (χ4v) is 4.80. The van der Waals surface area contributed by atoms with E-state index in [1.54, 1.807) is 12.1 Å². The third-order valence-electron chi connectivity index (χ3n) is 6.00. The first-order chi connectivity index (χ1) is 13.3. The van der Waals surface area contributed by atoms with Crippen LogP contribution in [0.4, 0.5) is 16.2 Å². The zero-order valence-corrected chi connectivity index (χ0v) is 14.8. The van der Waals surface area contributed by atoms with Crippen molar-refractivity contribution in [2.75, 3.05) is 4.90 Å². The van der Waals surface area contributed by atoms with Crippen molar-refractivity contribution < 1.29 is 19.4 Å². The summed E-state index contributed by atoms with van der Waals surface area (Å²) in [6, 6.07) is 4.62. The number of hydrogen-bond donors (Lipinski definition) is 2. The van der Waals surface area contributed by atoms with E-state index in [1.165, 1.54) is 12.1 Å². The van der Waals surface area contributed by atoms with E-state index in [2.05, 4.69) is 10.6 Å². The minimum atomic E-state index is -0.661. The number of benzene rings is 1. The van der Waals surface area contributed by atoms with E-state index in [0.717, 1.165) is 0 Å². The van der Waals surface area contributed by atoms with Crippen molar-refractivity contribution in [3.8, 4) is 0 Å². The van der Waals surface area contributed by atoms with E-state index in [9.17, 15) is 29.8 Å². The van der Waals surface area contributed by atoms with Gasteiger partial charge in [0.2, 0.25) is 11.9 Å². The van der Waals surface area contributed by atoms with Crippen LogP contribution in [-0.4, -0.2) is 40.0 Å². The van der Waals surface area contributed by atoms with Gasteiger partial charge in [-0.25, -0.2) is 4.79 Å². The fraction of sp³-hybridized carbons (Fsp3) is 0.529. The number of carbonyl (C=O) groups is 2. The Kier molecular flexibility index (Phi) is 4.36. The number of piperidine rings is 1. The van der Waals surface area contributed by atoms with Crippen molar-refractivity contribution in [1.82, 2.24) is 10.6 Å². The second kappa shape index (κ2) is 6.73. The molecule has 2 aliphatic heterocycles. The first-order valence-electron chi connectivity index (χ1n) is 9.13. The number of imide groups is 1. The lowest BCUT2D eigenvalue weighted by atomic mass is 9.71. The molecule has 148 valence electrons. The highest BCUT2D eigenvalue weighted by molar-refractivity contribution is 5.99. The molecule has 3 fully saturated rings. The molecule has 4 rings (SSSR count). The lowest BCUT2D eigenvalue weighted by Gasteiger charge is -2.53. The number of anilines is 1. The largest absolute Gasteiger partial charge is 0.347 e. The Balaban J connectivity index is 1.74. The molecule has 2 N–H and O–H groups in total. The molecule has 2 saturated heterocycles. The molecule has 1 saturated carbocycles. The average molecular weight is 389 g/mol. The minimum Gasteiger partial charge on any atom is -0.347 e. The number of amides is 3. The number of rotatable bonds is 3. The highest BCUT2D eigenvalue weighted by Crippen LogP contribution is 2.43. The molecular formula is C17H19N5O6. The Bertz CT molecular complexity index is 860. The Labute approximate surface area is 159 Å². The van der Waals surface area contributed by atoms with Crippen LogP contribution in [0.5, 0.6) is 0 Å². The summed E-state index contributed by atoms with van der Waals surface area (Å²) < 4.78 is 0. The van der Waals surface area contributed by atoms with Crippen LogP contribution in [0.25, 0.3) is 0 Å². The quantitative estimate of drug-likeness (QED) is 0.586. The molecule has 0 bridgehead atoms. The number of nitrogens with zero attached hydrogens (tertiary/aromatic N) is 3. The Morgan fingerprint density at radius 2 is 1.89 bits per heavy atom. The molecule has 3 aliphatic rings. The summed E-state index contributed by atoms with van der Waals surface area (Å²) in [7, 11) is 0. The zero-order valence-electron chi connectivity index (χ0n) is 14.8. The van der Waals surface area contributed by atoms with Gasteiger partial charge in [-0.15, -0.1) is 0 Å². The fourth-order valence-electron chi connectivity index (χ4n) is 4.80. The molecule has 2 heterocycles. The van der Waals surface area contributed by atoms with Crippen LogP contribution < -0.4 is 15.5 Å². The van der Waals surface area contributed by atoms with Crippen LogP contribution in [0, 0.1) is 32.1 Å². The van der Waals surface area contributed by atoms with E-state index in [4.69, 9.17) is 0 Å². The van der Waals surface area contributed by atoms with Gasteiger partial charge in [0.15, 0.2) is 0 Å². The highest BCUT2D eigenvalue weighted by atomic mass is 16.6. The predicted octanol–water partition coefficient (Wildman–Crippen LogP) is 1.40. The summed E-state index contributed by atoms with van der Waals surface area (Å²) in [4.78, 5) is 47.9. The minimum absolute atomic E-state index is 0.0956. The lowest BCUT2D eigenvalue weighted by molar-refractivity contribution is -0.528. The van der Waals surface area contributed by atoms with E-state index in [0.29, 0.717) is 31.4 Å². The molecule has 1 aliphatic carbocycles. The van der Waals surface area contributed by atoms with E-state index in [1.807, 2.05) is 4.90 Å². The summed E-state index contributed by atoms with van der Waals surface area (Å²) in [5, 5.41) is 27.5. The smallest absolute Gasteiger partial charge is 0.323 e. The zero-order chi connectivity index (χ0) is 20.0. The number of nitrogens with one attached hydrogen (secondary N) is 2. The Hall–Kier alpha value is -3.24. The third-order valence-corrected chi connectivity index (χ3v) is 6.00. The van der Waals surface area contributed by atoms with Gasteiger partial charge in [0.25, 0.3) is 5.69 Å². The maximum atomic E-state index is 12.4. The highest BCUT2D eigenvalue weighted by Gasteiger charge is 2.52. The number of nitro groups is 2. The number of hydrogen-bond acceptors (Lipinski definition) is 7. The van der Waals surface area contributed by atoms with Crippen molar-refractivity contribution in [3.63, 3.8) is 0 Å². The first-order valence-corrected chi connectivity index (χ1v) is 9.13. The Morgan fingerprint density at radius 3 is 2.61 bits per heavy atom. The van der Waals surface area contributed by atoms with Crippen molar-refractivity contribution >= 4 is 23.3 Å². The van der Waals surface area contributed by atoms with Gasteiger partial charge in [-0.2, -0.15) is 0 Å². The maximum Gasteiger partial charge on any atom is 0.323 e. The standard InChI is InChI=1S/C17H19N5O6/c23-16-13-7-9-6-12(22(27)28)4-5-14(9)20(15(13)18-17(24)19-16)10-2-1-3-11(8-10)21(25)26/h1-3,8-9,12-15H,4-7H2,(H2,18,19,23,24). The van der Waals surface area contributed by atoms with Gasteiger partial charge in [-0.05, 0) is 24.8 Å². The molecule has 0 radical (unpaired) electrons. The number of nitro benzene ring substituents is 1. The van der Waals surface area contributed by atoms with Crippen LogP contribution in [0.1, 0.15) is 25.7 Å². The van der Waals surface area contributed by atoms with Gasteiger partial charge in [-0.3, -0.25) is 30.3 Å². The molecule has 1 aromatic carbocycles. The van der Waals surface area contributed by atoms with Gasteiger partial charge in [0.1, 0.15) is 6.17 Å². The maximum absolute atomic E-state index is 12.4. The van der Waals surface area contributed by atoms with Gasteiger partial charge < -0.3 is 10.2 Å². The lowest BCUT2D eigenvalue weighted by Crippen LogP contribution is -2.70. The van der Waals surface area contributed by atoms with Crippen LogP contribution in [-0.2, 0) is 4.79 Å².